The summed E-state index contributed by atoms with van der Waals surface area (Å²) in [5.74, 6) is 1.52. The molecule has 4 rings (SSSR count). The maximum absolute atomic E-state index is 12.2. The van der Waals surface area contributed by atoms with Crippen molar-refractivity contribution in [1.82, 2.24) is 15.1 Å². The first-order valence-corrected chi connectivity index (χ1v) is 10.6. The fraction of sp³-hybridized carbons (Fsp3) is 0.200. The monoisotopic (exact) mass is 426 g/mol. The van der Waals surface area contributed by atoms with E-state index in [9.17, 15) is 4.79 Å². The minimum absolute atomic E-state index is 0.141. The highest BCUT2D eigenvalue weighted by Crippen LogP contribution is 2.30. The van der Waals surface area contributed by atoms with E-state index in [0.717, 1.165) is 21.9 Å². The van der Waals surface area contributed by atoms with E-state index in [2.05, 4.69) is 33.4 Å². The molecule has 9 heteroatoms. The molecule has 0 atom stereocenters. The second-order valence-corrected chi connectivity index (χ2v) is 8.38. The molecule has 0 saturated heterocycles. The minimum atomic E-state index is -0.141. The lowest BCUT2D eigenvalue weighted by atomic mass is 10.2. The van der Waals surface area contributed by atoms with Crippen molar-refractivity contribution < 1.29 is 14.1 Å². The predicted molar refractivity (Wildman–Crippen MR) is 113 cm³/mol. The van der Waals surface area contributed by atoms with E-state index in [0.29, 0.717) is 23.3 Å². The van der Waals surface area contributed by atoms with Crippen molar-refractivity contribution >= 4 is 33.7 Å². The van der Waals surface area contributed by atoms with Gasteiger partial charge >= 0.3 is 0 Å². The number of benzene rings is 1. The van der Waals surface area contributed by atoms with Crippen LogP contribution >= 0.6 is 22.7 Å². The van der Waals surface area contributed by atoms with Gasteiger partial charge < -0.3 is 14.6 Å². The number of methoxy groups -OCH3 is 1. The molecule has 0 aliphatic carbocycles. The molecule has 1 aromatic carbocycles. The lowest BCUT2D eigenvalue weighted by molar-refractivity contribution is -0.116. The van der Waals surface area contributed by atoms with Crippen LogP contribution in [0, 0.1) is 6.92 Å². The molecule has 0 aliphatic rings. The number of aromatic nitrogens is 3. The highest BCUT2D eigenvalue weighted by atomic mass is 32.1. The average molecular weight is 427 g/mol. The fourth-order valence-corrected chi connectivity index (χ4v) is 4.26. The van der Waals surface area contributed by atoms with Gasteiger partial charge in [-0.3, -0.25) is 4.79 Å². The van der Waals surface area contributed by atoms with Crippen molar-refractivity contribution in [3.05, 3.63) is 52.5 Å². The van der Waals surface area contributed by atoms with Crippen LogP contribution in [-0.2, 0) is 11.2 Å². The Bertz CT molecular complexity index is 1110. The van der Waals surface area contributed by atoms with Gasteiger partial charge in [-0.15, -0.1) is 22.7 Å². The highest BCUT2D eigenvalue weighted by Gasteiger charge is 2.13. The molecule has 148 valence electrons. The summed E-state index contributed by atoms with van der Waals surface area (Å²) < 4.78 is 10.4. The van der Waals surface area contributed by atoms with E-state index in [-0.39, 0.29) is 12.3 Å². The van der Waals surface area contributed by atoms with Gasteiger partial charge in [0.05, 0.1) is 17.7 Å². The third kappa shape index (κ3) is 4.69. The Balaban J connectivity index is 1.32. The van der Waals surface area contributed by atoms with Gasteiger partial charge in [-0.1, -0.05) is 5.16 Å². The molecule has 4 aromatic rings. The summed E-state index contributed by atoms with van der Waals surface area (Å²) in [4.78, 5) is 23.4. The first-order valence-electron chi connectivity index (χ1n) is 8.90. The number of hydrogen-bond donors (Lipinski definition) is 1. The fourth-order valence-electron chi connectivity index (χ4n) is 2.63. The van der Waals surface area contributed by atoms with Crippen LogP contribution in [0.4, 0.5) is 5.13 Å². The Morgan fingerprint density at radius 2 is 2.00 bits per heavy atom. The number of thiophene rings is 1. The van der Waals surface area contributed by atoms with Crippen molar-refractivity contribution in [2.24, 2.45) is 0 Å². The predicted octanol–water partition coefficient (Wildman–Crippen LogP) is 4.81. The number of aryl methyl sites for hydroxylation is 2. The van der Waals surface area contributed by atoms with E-state index >= 15 is 0 Å². The number of carbonyl (C=O) groups is 1. The van der Waals surface area contributed by atoms with E-state index < -0.39 is 0 Å². The number of thiazole rings is 1. The van der Waals surface area contributed by atoms with Crippen LogP contribution in [-0.4, -0.2) is 28.1 Å². The van der Waals surface area contributed by atoms with Gasteiger partial charge in [0.1, 0.15) is 5.75 Å². The van der Waals surface area contributed by atoms with Crippen LogP contribution in [0.1, 0.15) is 17.2 Å². The van der Waals surface area contributed by atoms with Gasteiger partial charge in [-0.2, -0.15) is 4.98 Å². The normalized spacial score (nSPS) is 10.8. The number of anilines is 1. The Labute approximate surface area is 175 Å². The molecule has 0 saturated carbocycles. The summed E-state index contributed by atoms with van der Waals surface area (Å²) in [6.07, 6.45) is 0.592. The van der Waals surface area contributed by atoms with Crippen LogP contribution in [0.25, 0.3) is 22.0 Å². The van der Waals surface area contributed by atoms with E-state index in [1.807, 2.05) is 35.7 Å². The summed E-state index contributed by atoms with van der Waals surface area (Å²) in [6.45, 7) is 2.06. The van der Waals surface area contributed by atoms with Gasteiger partial charge in [0.25, 0.3) is 0 Å². The number of rotatable bonds is 7. The first-order chi connectivity index (χ1) is 14.1. The molecule has 1 amide bonds. The van der Waals surface area contributed by atoms with E-state index in [1.54, 1.807) is 18.4 Å². The molecule has 0 aliphatic heterocycles. The standard InChI is InChI=1S/C20H18N4O3S2/c1-12-3-8-16(29-12)15-11-28-20(21-15)22-17(25)9-10-18-23-19(24-27-18)13-4-6-14(26-2)7-5-13/h3-8,11H,9-10H2,1-2H3,(H,21,22,25). The van der Waals surface area contributed by atoms with Crippen LogP contribution < -0.4 is 10.1 Å². The van der Waals surface area contributed by atoms with Gasteiger partial charge in [0, 0.05) is 28.7 Å². The molecule has 0 unspecified atom stereocenters. The second-order valence-electron chi connectivity index (χ2n) is 6.24. The van der Waals surface area contributed by atoms with Gasteiger partial charge in [0.2, 0.25) is 17.6 Å². The molecule has 29 heavy (non-hydrogen) atoms. The molecular weight excluding hydrogens is 408 g/mol. The van der Waals surface area contributed by atoms with Crippen LogP contribution in [0.3, 0.4) is 0 Å². The third-order valence-electron chi connectivity index (χ3n) is 4.13. The van der Waals surface area contributed by atoms with E-state index in [4.69, 9.17) is 9.26 Å². The lowest BCUT2D eigenvalue weighted by Gasteiger charge is -1.99. The zero-order valence-corrected chi connectivity index (χ0v) is 17.5. The maximum atomic E-state index is 12.2. The number of hydrogen-bond acceptors (Lipinski definition) is 8. The number of amides is 1. The largest absolute Gasteiger partial charge is 0.497 e. The molecule has 0 radical (unpaired) electrons. The van der Waals surface area contributed by atoms with Crippen LogP contribution in [0.5, 0.6) is 5.75 Å². The molecular formula is C20H18N4O3S2. The Morgan fingerprint density at radius 3 is 2.72 bits per heavy atom. The summed E-state index contributed by atoms with van der Waals surface area (Å²) in [7, 11) is 1.61. The topological polar surface area (TPSA) is 90.1 Å². The second kappa shape index (κ2) is 8.54. The Kier molecular flexibility index (Phi) is 5.68. The van der Waals surface area contributed by atoms with Crippen molar-refractivity contribution in [2.45, 2.75) is 19.8 Å². The molecule has 3 heterocycles. The minimum Gasteiger partial charge on any atom is -0.497 e. The summed E-state index contributed by atoms with van der Waals surface area (Å²) >= 11 is 3.09. The van der Waals surface area contributed by atoms with Crippen LogP contribution in [0.15, 0.2) is 46.3 Å². The molecule has 0 spiro atoms. The van der Waals surface area contributed by atoms with Crippen molar-refractivity contribution in [2.75, 3.05) is 12.4 Å². The smallest absolute Gasteiger partial charge is 0.227 e. The zero-order valence-electron chi connectivity index (χ0n) is 15.8. The zero-order chi connectivity index (χ0) is 20.2. The van der Waals surface area contributed by atoms with Crippen LogP contribution in [0.2, 0.25) is 0 Å². The number of ether oxygens (including phenoxy) is 1. The van der Waals surface area contributed by atoms with Gasteiger partial charge in [-0.05, 0) is 43.3 Å². The third-order valence-corrected chi connectivity index (χ3v) is 5.91. The number of nitrogens with one attached hydrogen (secondary N) is 1. The lowest BCUT2D eigenvalue weighted by Crippen LogP contribution is -2.12. The number of carbonyl (C=O) groups excluding carboxylic acids is 1. The quantitative estimate of drug-likeness (QED) is 0.456. The molecule has 1 N–H and O–H groups in total. The van der Waals surface area contributed by atoms with E-state index in [1.165, 1.54) is 16.2 Å². The number of nitrogens with zero attached hydrogens (tertiary/aromatic N) is 3. The highest BCUT2D eigenvalue weighted by molar-refractivity contribution is 7.17. The molecule has 7 nitrogen and oxygen atoms in total. The summed E-state index contributed by atoms with van der Waals surface area (Å²) in [6, 6.07) is 11.5. The van der Waals surface area contributed by atoms with Crippen molar-refractivity contribution in [1.29, 1.82) is 0 Å². The van der Waals surface area contributed by atoms with Gasteiger partial charge in [0.15, 0.2) is 5.13 Å². The van der Waals surface area contributed by atoms with Crippen molar-refractivity contribution in [3.8, 4) is 27.7 Å². The SMILES string of the molecule is COc1ccc(-c2noc(CCC(=O)Nc3nc(-c4ccc(C)s4)cs3)n2)cc1. The molecule has 0 fully saturated rings. The van der Waals surface area contributed by atoms with Crippen molar-refractivity contribution in [3.63, 3.8) is 0 Å². The first kappa shape index (κ1) is 19.3. The Hall–Kier alpha value is -3.04. The molecule has 3 aromatic heterocycles. The Morgan fingerprint density at radius 1 is 1.17 bits per heavy atom. The summed E-state index contributed by atoms with van der Waals surface area (Å²) in [5, 5.41) is 9.33. The summed E-state index contributed by atoms with van der Waals surface area (Å²) in [5.41, 5.74) is 1.70. The maximum Gasteiger partial charge on any atom is 0.227 e. The molecule has 0 bridgehead atoms. The van der Waals surface area contributed by atoms with Gasteiger partial charge in [-0.25, -0.2) is 4.98 Å². The average Bonchev–Trinajstić information content (AvgIpc) is 3.47.